The first-order chi connectivity index (χ1) is 9.76. The van der Waals surface area contributed by atoms with E-state index < -0.39 is 28.7 Å². The van der Waals surface area contributed by atoms with Gasteiger partial charge in [0.15, 0.2) is 0 Å². The molecule has 1 aromatic rings. The van der Waals surface area contributed by atoms with Crippen molar-refractivity contribution in [1.82, 2.24) is 4.72 Å². The summed E-state index contributed by atoms with van der Waals surface area (Å²) in [4.78, 5) is 22.3. The SMILES string of the molecule is C=C(COC(=O)NS(=O)(=O)c1ccc(C)cc1)C(=O)OC. The van der Waals surface area contributed by atoms with Crippen LogP contribution < -0.4 is 4.72 Å². The molecule has 0 heterocycles. The summed E-state index contributed by atoms with van der Waals surface area (Å²) in [5.74, 6) is -0.746. The van der Waals surface area contributed by atoms with Crippen LogP contribution in [0.1, 0.15) is 5.56 Å². The molecule has 8 heteroatoms. The lowest BCUT2D eigenvalue weighted by Crippen LogP contribution is -2.32. The van der Waals surface area contributed by atoms with E-state index in [9.17, 15) is 18.0 Å². The molecular weight excluding hydrogens is 298 g/mol. The van der Waals surface area contributed by atoms with Gasteiger partial charge in [-0.25, -0.2) is 22.7 Å². The van der Waals surface area contributed by atoms with Gasteiger partial charge in [-0.15, -0.1) is 0 Å². The summed E-state index contributed by atoms with van der Waals surface area (Å²) in [7, 11) is -2.87. The molecule has 0 atom stereocenters. The molecule has 0 saturated carbocycles. The van der Waals surface area contributed by atoms with Gasteiger partial charge in [0.1, 0.15) is 6.61 Å². The number of amides is 1. The van der Waals surface area contributed by atoms with Gasteiger partial charge in [-0.05, 0) is 19.1 Å². The molecule has 0 spiro atoms. The molecule has 21 heavy (non-hydrogen) atoms. The first-order valence-electron chi connectivity index (χ1n) is 5.78. The molecule has 1 N–H and O–H groups in total. The number of rotatable bonds is 5. The van der Waals surface area contributed by atoms with Gasteiger partial charge in [-0.3, -0.25) is 0 Å². The summed E-state index contributed by atoms with van der Waals surface area (Å²) < 4.78 is 34.4. The molecule has 114 valence electrons. The van der Waals surface area contributed by atoms with Gasteiger partial charge in [0, 0.05) is 0 Å². The van der Waals surface area contributed by atoms with Crippen LogP contribution in [0.4, 0.5) is 4.79 Å². The highest BCUT2D eigenvalue weighted by Gasteiger charge is 2.19. The van der Waals surface area contributed by atoms with E-state index in [4.69, 9.17) is 0 Å². The first kappa shape index (κ1) is 16.7. The Balaban J connectivity index is 2.63. The van der Waals surface area contributed by atoms with Crippen molar-refractivity contribution in [3.05, 3.63) is 42.0 Å². The van der Waals surface area contributed by atoms with Gasteiger partial charge in [-0.1, -0.05) is 24.3 Å². The zero-order chi connectivity index (χ0) is 16.0. The minimum atomic E-state index is -4.02. The molecule has 0 fully saturated rings. The second-order valence-electron chi connectivity index (χ2n) is 4.09. The zero-order valence-electron chi connectivity index (χ0n) is 11.6. The Morgan fingerprint density at radius 2 is 1.81 bits per heavy atom. The average molecular weight is 313 g/mol. The number of benzene rings is 1. The number of methoxy groups -OCH3 is 1. The van der Waals surface area contributed by atoms with Gasteiger partial charge in [0.05, 0.1) is 17.6 Å². The molecule has 0 aliphatic rings. The fraction of sp³-hybridized carbons (Fsp3) is 0.231. The number of aryl methyl sites for hydroxylation is 1. The van der Waals surface area contributed by atoms with Crippen LogP contribution in [0, 0.1) is 6.92 Å². The molecule has 7 nitrogen and oxygen atoms in total. The predicted molar refractivity (Wildman–Crippen MR) is 74.0 cm³/mol. The predicted octanol–water partition coefficient (Wildman–Crippen LogP) is 1.14. The second kappa shape index (κ2) is 6.89. The van der Waals surface area contributed by atoms with Gasteiger partial charge in [-0.2, -0.15) is 0 Å². The van der Waals surface area contributed by atoms with Gasteiger partial charge < -0.3 is 9.47 Å². The average Bonchev–Trinajstić information content (AvgIpc) is 2.43. The number of carbonyl (C=O) groups is 2. The molecule has 0 radical (unpaired) electrons. The quantitative estimate of drug-likeness (QED) is 0.646. The molecule has 0 aromatic heterocycles. The van der Waals surface area contributed by atoms with Crippen LogP contribution in [0.3, 0.4) is 0 Å². The van der Waals surface area contributed by atoms with Crippen LogP contribution in [0.15, 0.2) is 41.3 Å². The Labute approximate surface area is 122 Å². The van der Waals surface area contributed by atoms with E-state index in [-0.39, 0.29) is 10.5 Å². The maximum absolute atomic E-state index is 11.9. The third kappa shape index (κ3) is 4.92. The molecule has 1 rings (SSSR count). The smallest absolute Gasteiger partial charge is 0.421 e. The molecule has 0 saturated heterocycles. The van der Waals surface area contributed by atoms with Crippen LogP contribution in [0.2, 0.25) is 0 Å². The van der Waals surface area contributed by atoms with E-state index in [0.717, 1.165) is 12.7 Å². The van der Waals surface area contributed by atoms with E-state index in [1.165, 1.54) is 12.1 Å². The van der Waals surface area contributed by atoms with Crippen LogP contribution in [-0.2, 0) is 24.3 Å². The fourth-order valence-corrected chi connectivity index (χ4v) is 2.16. The van der Waals surface area contributed by atoms with Crippen molar-refractivity contribution in [3.8, 4) is 0 Å². The number of hydrogen-bond donors (Lipinski definition) is 1. The zero-order valence-corrected chi connectivity index (χ0v) is 12.4. The molecule has 0 unspecified atom stereocenters. The lowest BCUT2D eigenvalue weighted by Gasteiger charge is -2.08. The second-order valence-corrected chi connectivity index (χ2v) is 5.77. The Hall–Kier alpha value is -2.35. The lowest BCUT2D eigenvalue weighted by molar-refractivity contribution is -0.136. The maximum Gasteiger partial charge on any atom is 0.421 e. The highest BCUT2D eigenvalue weighted by atomic mass is 32.2. The van der Waals surface area contributed by atoms with E-state index in [0.29, 0.717) is 0 Å². The standard InChI is InChI=1S/C13H15NO6S/c1-9-4-6-11(7-5-9)21(17,18)14-13(16)20-8-10(2)12(15)19-3/h4-7H,2,8H2,1,3H3,(H,14,16). The van der Waals surface area contributed by atoms with Crippen molar-refractivity contribution in [3.63, 3.8) is 0 Å². The number of carbonyl (C=O) groups excluding carboxylic acids is 2. The van der Waals surface area contributed by atoms with E-state index in [2.05, 4.69) is 16.1 Å². The molecular formula is C13H15NO6S. The van der Waals surface area contributed by atoms with Crippen LogP contribution in [0.25, 0.3) is 0 Å². The number of hydrogen-bond acceptors (Lipinski definition) is 6. The third-order valence-corrected chi connectivity index (χ3v) is 3.73. The molecule has 1 amide bonds. The molecule has 0 aliphatic carbocycles. The summed E-state index contributed by atoms with van der Waals surface area (Å²) >= 11 is 0. The summed E-state index contributed by atoms with van der Waals surface area (Å²) in [6, 6.07) is 5.91. The Bertz CT molecular complexity index is 648. The Morgan fingerprint density at radius 3 is 2.33 bits per heavy atom. The summed E-state index contributed by atoms with van der Waals surface area (Å²) in [5.41, 5.74) is 0.770. The minimum Gasteiger partial charge on any atom is -0.466 e. The molecule has 0 bridgehead atoms. The monoisotopic (exact) mass is 313 g/mol. The van der Waals surface area contributed by atoms with E-state index in [1.807, 2.05) is 0 Å². The van der Waals surface area contributed by atoms with Gasteiger partial charge in [0.2, 0.25) is 0 Å². The van der Waals surface area contributed by atoms with Crippen molar-refractivity contribution in [2.24, 2.45) is 0 Å². The number of sulfonamides is 1. The Kier molecular flexibility index (Phi) is 5.48. The maximum atomic E-state index is 11.9. The van der Waals surface area contributed by atoms with Crippen molar-refractivity contribution in [1.29, 1.82) is 0 Å². The van der Waals surface area contributed by atoms with Crippen molar-refractivity contribution in [2.75, 3.05) is 13.7 Å². The summed E-state index contributed by atoms with van der Waals surface area (Å²) in [6.07, 6.45) is -1.21. The molecule has 0 aliphatic heterocycles. The topological polar surface area (TPSA) is 98.8 Å². The van der Waals surface area contributed by atoms with Crippen molar-refractivity contribution in [2.45, 2.75) is 11.8 Å². The number of esters is 1. The Morgan fingerprint density at radius 1 is 1.24 bits per heavy atom. The first-order valence-corrected chi connectivity index (χ1v) is 7.27. The van der Waals surface area contributed by atoms with E-state index in [1.54, 1.807) is 23.8 Å². The van der Waals surface area contributed by atoms with Gasteiger partial charge >= 0.3 is 12.1 Å². The highest BCUT2D eigenvalue weighted by molar-refractivity contribution is 7.90. The van der Waals surface area contributed by atoms with Crippen LogP contribution in [-0.4, -0.2) is 34.2 Å². The van der Waals surface area contributed by atoms with Crippen LogP contribution >= 0.6 is 0 Å². The summed E-state index contributed by atoms with van der Waals surface area (Å²) in [5, 5.41) is 0. The number of ether oxygens (including phenoxy) is 2. The highest BCUT2D eigenvalue weighted by Crippen LogP contribution is 2.10. The lowest BCUT2D eigenvalue weighted by atomic mass is 10.2. The van der Waals surface area contributed by atoms with E-state index >= 15 is 0 Å². The normalized spacial score (nSPS) is 10.6. The summed E-state index contributed by atoms with van der Waals surface area (Å²) in [6.45, 7) is 4.66. The van der Waals surface area contributed by atoms with Crippen molar-refractivity contribution < 1.29 is 27.5 Å². The van der Waals surface area contributed by atoms with Crippen LogP contribution in [0.5, 0.6) is 0 Å². The molecule has 1 aromatic carbocycles. The fourth-order valence-electron chi connectivity index (χ4n) is 1.27. The largest absolute Gasteiger partial charge is 0.466 e. The van der Waals surface area contributed by atoms with Gasteiger partial charge in [0.25, 0.3) is 10.0 Å². The van der Waals surface area contributed by atoms with Crippen molar-refractivity contribution >= 4 is 22.1 Å². The third-order valence-electron chi connectivity index (χ3n) is 2.40. The minimum absolute atomic E-state index is 0.0724. The number of nitrogens with one attached hydrogen (secondary N) is 1.